The molecule has 0 atom stereocenters. The van der Waals surface area contributed by atoms with Crippen molar-refractivity contribution < 1.29 is 4.79 Å². The number of hydrogen-bond acceptors (Lipinski definition) is 1. The normalized spacial score (nSPS) is 10.1. The molecule has 0 unspecified atom stereocenters. The molecule has 3 heteroatoms. The third kappa shape index (κ3) is 3.64. The molecule has 0 bridgehead atoms. The fourth-order valence-corrected chi connectivity index (χ4v) is 1.34. The van der Waals surface area contributed by atoms with E-state index in [0.29, 0.717) is 6.42 Å². The Bertz CT molecular complexity index is 291. The summed E-state index contributed by atoms with van der Waals surface area (Å²) in [7, 11) is 1.94. The second-order valence-corrected chi connectivity index (χ2v) is 3.57. The van der Waals surface area contributed by atoms with E-state index in [1.807, 2.05) is 30.1 Å². The summed E-state index contributed by atoms with van der Waals surface area (Å²) < 4.78 is 1.92. The van der Waals surface area contributed by atoms with E-state index in [1.165, 1.54) is 0 Å². The SMILES string of the molecule is CCCCCC(=O)Nc1ccn(C)c1. The number of hydrogen-bond donors (Lipinski definition) is 1. The molecule has 0 saturated heterocycles. The quantitative estimate of drug-likeness (QED) is 0.718. The van der Waals surface area contributed by atoms with Gasteiger partial charge in [-0.25, -0.2) is 0 Å². The first-order chi connectivity index (χ1) is 6.72. The summed E-state index contributed by atoms with van der Waals surface area (Å²) in [5.41, 5.74) is 0.883. The van der Waals surface area contributed by atoms with Gasteiger partial charge < -0.3 is 9.88 Å². The molecule has 0 aliphatic rings. The van der Waals surface area contributed by atoms with Crippen molar-refractivity contribution in [1.29, 1.82) is 0 Å². The van der Waals surface area contributed by atoms with Gasteiger partial charge in [-0.05, 0) is 12.5 Å². The maximum atomic E-state index is 11.4. The number of nitrogens with one attached hydrogen (secondary N) is 1. The van der Waals surface area contributed by atoms with Crippen LogP contribution in [0.25, 0.3) is 0 Å². The lowest BCUT2D eigenvalue weighted by molar-refractivity contribution is -0.116. The van der Waals surface area contributed by atoms with Gasteiger partial charge in [-0.15, -0.1) is 0 Å². The summed E-state index contributed by atoms with van der Waals surface area (Å²) in [6, 6.07) is 1.90. The van der Waals surface area contributed by atoms with Crippen molar-refractivity contribution in [3.63, 3.8) is 0 Å². The fourth-order valence-electron chi connectivity index (χ4n) is 1.34. The molecular formula is C11H18N2O. The number of carbonyl (C=O) groups is 1. The summed E-state index contributed by atoms with van der Waals surface area (Å²) in [6.07, 6.45) is 7.71. The standard InChI is InChI=1S/C11H18N2O/c1-3-4-5-6-11(14)12-10-7-8-13(2)9-10/h7-9H,3-6H2,1-2H3,(H,12,14). The van der Waals surface area contributed by atoms with E-state index in [4.69, 9.17) is 0 Å². The maximum Gasteiger partial charge on any atom is 0.224 e. The number of anilines is 1. The van der Waals surface area contributed by atoms with E-state index in [9.17, 15) is 4.79 Å². The van der Waals surface area contributed by atoms with Gasteiger partial charge in [-0.1, -0.05) is 19.8 Å². The van der Waals surface area contributed by atoms with Crippen LogP contribution in [0.1, 0.15) is 32.6 Å². The summed E-state index contributed by atoms with van der Waals surface area (Å²) in [6.45, 7) is 2.13. The van der Waals surface area contributed by atoms with Gasteiger partial charge in [0.15, 0.2) is 0 Å². The highest BCUT2D eigenvalue weighted by molar-refractivity contribution is 5.90. The molecule has 78 valence electrons. The number of aryl methyl sites for hydroxylation is 1. The summed E-state index contributed by atoms with van der Waals surface area (Å²) in [5.74, 6) is 0.115. The highest BCUT2D eigenvalue weighted by atomic mass is 16.1. The third-order valence-corrected chi connectivity index (χ3v) is 2.12. The lowest BCUT2D eigenvalue weighted by Crippen LogP contribution is -2.10. The molecule has 0 spiro atoms. The number of unbranched alkanes of at least 4 members (excludes halogenated alkanes) is 2. The number of rotatable bonds is 5. The molecule has 0 aromatic carbocycles. The Hall–Kier alpha value is -1.25. The molecule has 0 radical (unpaired) electrons. The molecule has 0 fully saturated rings. The molecule has 1 amide bonds. The molecule has 1 N–H and O–H groups in total. The zero-order valence-electron chi connectivity index (χ0n) is 8.92. The van der Waals surface area contributed by atoms with E-state index in [0.717, 1.165) is 24.9 Å². The molecule has 14 heavy (non-hydrogen) atoms. The van der Waals surface area contributed by atoms with Gasteiger partial charge >= 0.3 is 0 Å². The number of amides is 1. The highest BCUT2D eigenvalue weighted by Crippen LogP contribution is 2.08. The molecule has 0 aliphatic heterocycles. The topological polar surface area (TPSA) is 34.0 Å². The van der Waals surface area contributed by atoms with Crippen LogP contribution in [-0.2, 0) is 11.8 Å². The van der Waals surface area contributed by atoms with Gasteiger partial charge in [0.1, 0.15) is 0 Å². The summed E-state index contributed by atoms with van der Waals surface area (Å²) >= 11 is 0. The van der Waals surface area contributed by atoms with Crippen LogP contribution in [0.15, 0.2) is 18.5 Å². The summed E-state index contributed by atoms with van der Waals surface area (Å²) in [5, 5.41) is 2.86. The van der Waals surface area contributed by atoms with Crippen molar-refractivity contribution >= 4 is 11.6 Å². The second kappa shape index (κ2) is 5.47. The molecular weight excluding hydrogens is 176 g/mol. The average Bonchev–Trinajstić information content (AvgIpc) is 2.52. The fraction of sp³-hybridized carbons (Fsp3) is 0.545. The van der Waals surface area contributed by atoms with Crippen LogP contribution in [-0.4, -0.2) is 10.5 Å². The minimum absolute atomic E-state index is 0.115. The largest absolute Gasteiger partial charge is 0.355 e. The van der Waals surface area contributed by atoms with Crippen LogP contribution in [0.3, 0.4) is 0 Å². The van der Waals surface area contributed by atoms with Gasteiger partial charge in [0.05, 0.1) is 5.69 Å². The Kier molecular flexibility index (Phi) is 4.23. The van der Waals surface area contributed by atoms with Crippen LogP contribution in [0, 0.1) is 0 Å². The summed E-state index contributed by atoms with van der Waals surface area (Å²) in [4.78, 5) is 11.4. The highest BCUT2D eigenvalue weighted by Gasteiger charge is 2.01. The first-order valence-corrected chi connectivity index (χ1v) is 5.14. The zero-order chi connectivity index (χ0) is 10.4. The van der Waals surface area contributed by atoms with Crippen LogP contribution < -0.4 is 5.32 Å². The molecule has 3 nitrogen and oxygen atoms in total. The molecule has 0 saturated carbocycles. The smallest absolute Gasteiger partial charge is 0.224 e. The van der Waals surface area contributed by atoms with Crippen molar-refractivity contribution in [2.24, 2.45) is 7.05 Å². The number of nitrogens with zero attached hydrogens (tertiary/aromatic N) is 1. The van der Waals surface area contributed by atoms with E-state index in [2.05, 4.69) is 12.2 Å². The van der Waals surface area contributed by atoms with Gasteiger partial charge in [0, 0.05) is 25.9 Å². The van der Waals surface area contributed by atoms with Crippen molar-refractivity contribution in [2.45, 2.75) is 32.6 Å². The molecule has 1 aromatic rings. The van der Waals surface area contributed by atoms with E-state index in [1.54, 1.807) is 0 Å². The van der Waals surface area contributed by atoms with Gasteiger partial charge in [0.2, 0.25) is 5.91 Å². The Morgan fingerprint density at radius 1 is 1.50 bits per heavy atom. The van der Waals surface area contributed by atoms with Gasteiger partial charge in [-0.2, -0.15) is 0 Å². The van der Waals surface area contributed by atoms with Crippen molar-refractivity contribution in [3.8, 4) is 0 Å². The molecule has 0 aliphatic carbocycles. The maximum absolute atomic E-state index is 11.4. The minimum Gasteiger partial charge on any atom is -0.355 e. The predicted octanol–water partition coefficient (Wildman–Crippen LogP) is 2.54. The Morgan fingerprint density at radius 3 is 2.86 bits per heavy atom. The van der Waals surface area contributed by atoms with E-state index < -0.39 is 0 Å². The number of carbonyl (C=O) groups excluding carboxylic acids is 1. The van der Waals surface area contributed by atoms with Crippen LogP contribution in [0.5, 0.6) is 0 Å². The lowest BCUT2D eigenvalue weighted by atomic mass is 10.2. The Balaban J connectivity index is 2.27. The van der Waals surface area contributed by atoms with Crippen LogP contribution in [0.2, 0.25) is 0 Å². The first kappa shape index (κ1) is 10.8. The van der Waals surface area contributed by atoms with E-state index >= 15 is 0 Å². The Morgan fingerprint density at radius 2 is 2.29 bits per heavy atom. The first-order valence-electron chi connectivity index (χ1n) is 5.14. The van der Waals surface area contributed by atoms with Crippen molar-refractivity contribution in [1.82, 2.24) is 4.57 Å². The second-order valence-electron chi connectivity index (χ2n) is 3.57. The van der Waals surface area contributed by atoms with Crippen LogP contribution >= 0.6 is 0 Å². The minimum atomic E-state index is 0.115. The predicted molar refractivity (Wildman–Crippen MR) is 58.2 cm³/mol. The molecule has 1 heterocycles. The van der Waals surface area contributed by atoms with Gasteiger partial charge in [-0.3, -0.25) is 4.79 Å². The average molecular weight is 194 g/mol. The van der Waals surface area contributed by atoms with Crippen molar-refractivity contribution in [2.75, 3.05) is 5.32 Å². The molecule has 1 aromatic heterocycles. The Labute approximate surface area is 85.1 Å². The zero-order valence-corrected chi connectivity index (χ0v) is 8.92. The van der Waals surface area contributed by atoms with Crippen LogP contribution in [0.4, 0.5) is 5.69 Å². The third-order valence-electron chi connectivity index (χ3n) is 2.12. The monoisotopic (exact) mass is 194 g/mol. The van der Waals surface area contributed by atoms with Crippen molar-refractivity contribution in [3.05, 3.63) is 18.5 Å². The van der Waals surface area contributed by atoms with Gasteiger partial charge in [0.25, 0.3) is 0 Å². The van der Waals surface area contributed by atoms with E-state index in [-0.39, 0.29) is 5.91 Å². The number of aromatic nitrogens is 1. The lowest BCUT2D eigenvalue weighted by Gasteiger charge is -2.01. The molecule has 1 rings (SSSR count).